The Labute approximate surface area is 112 Å². The van der Waals surface area contributed by atoms with Crippen LogP contribution in [0.25, 0.3) is 0 Å². The van der Waals surface area contributed by atoms with Crippen molar-refractivity contribution in [1.82, 2.24) is 15.1 Å². The van der Waals surface area contributed by atoms with E-state index in [2.05, 4.69) is 57.6 Å². The summed E-state index contributed by atoms with van der Waals surface area (Å²) < 4.78 is 3.35. The molecule has 0 bridgehead atoms. The zero-order chi connectivity index (χ0) is 11.8. The van der Waals surface area contributed by atoms with Gasteiger partial charge in [0, 0.05) is 13.1 Å². The summed E-state index contributed by atoms with van der Waals surface area (Å²) in [5, 5.41) is 7.92. The minimum Gasteiger partial charge on any atom is -0.311 e. The molecule has 16 heavy (non-hydrogen) atoms. The normalized spacial score (nSPS) is 10.9. The van der Waals surface area contributed by atoms with Gasteiger partial charge in [-0.25, -0.2) is 0 Å². The van der Waals surface area contributed by atoms with Gasteiger partial charge in [0.1, 0.15) is 0 Å². The molecule has 0 saturated carbocycles. The maximum Gasteiger partial charge on any atom is 0.0597 e. The van der Waals surface area contributed by atoms with Crippen LogP contribution >= 0.6 is 22.6 Å². The number of rotatable bonds is 8. The molecule has 1 rings (SSSR count). The zero-order valence-electron chi connectivity index (χ0n) is 10.3. The van der Waals surface area contributed by atoms with Crippen molar-refractivity contribution >= 4 is 22.6 Å². The molecule has 0 aliphatic carbocycles. The molecule has 0 radical (unpaired) electrons. The van der Waals surface area contributed by atoms with E-state index in [1.165, 1.54) is 29.4 Å². The molecule has 0 unspecified atom stereocenters. The van der Waals surface area contributed by atoms with Gasteiger partial charge in [-0.05, 0) is 43.7 Å². The molecule has 1 aromatic rings. The molecule has 0 aliphatic rings. The molecular weight excluding hydrogens is 313 g/mol. The van der Waals surface area contributed by atoms with Gasteiger partial charge in [-0.1, -0.05) is 29.0 Å². The zero-order valence-corrected chi connectivity index (χ0v) is 12.5. The Bertz CT molecular complexity index is 296. The lowest BCUT2D eigenvalue weighted by Gasteiger charge is -2.06. The molecule has 0 fully saturated rings. The van der Waals surface area contributed by atoms with Crippen molar-refractivity contribution in [3.8, 4) is 0 Å². The Balaban J connectivity index is 2.21. The van der Waals surface area contributed by atoms with E-state index in [9.17, 15) is 0 Å². The fourth-order valence-electron chi connectivity index (χ4n) is 1.75. The Kier molecular flexibility index (Phi) is 7.03. The molecular formula is C12H22IN3. The van der Waals surface area contributed by atoms with E-state index >= 15 is 0 Å². The van der Waals surface area contributed by atoms with Crippen LogP contribution in [0, 0.1) is 6.92 Å². The Hall–Kier alpha value is -0.100. The highest BCUT2D eigenvalue weighted by molar-refractivity contribution is 14.1. The number of aryl methyl sites for hydroxylation is 2. The van der Waals surface area contributed by atoms with Gasteiger partial charge in [-0.2, -0.15) is 5.10 Å². The van der Waals surface area contributed by atoms with Gasteiger partial charge >= 0.3 is 0 Å². The first-order chi connectivity index (χ1) is 7.77. The van der Waals surface area contributed by atoms with Crippen molar-refractivity contribution in [2.24, 2.45) is 0 Å². The summed E-state index contributed by atoms with van der Waals surface area (Å²) in [5.74, 6) is 0. The highest BCUT2D eigenvalue weighted by Gasteiger charge is 2.02. The molecule has 3 nitrogen and oxygen atoms in total. The number of alkyl halides is 1. The van der Waals surface area contributed by atoms with E-state index in [0.717, 1.165) is 25.3 Å². The molecule has 1 N–H and O–H groups in total. The fourth-order valence-corrected chi connectivity index (χ4v) is 2.29. The summed E-state index contributed by atoms with van der Waals surface area (Å²) in [6.45, 7) is 7.20. The smallest absolute Gasteiger partial charge is 0.0597 e. The Morgan fingerprint density at radius 3 is 2.88 bits per heavy atom. The van der Waals surface area contributed by atoms with E-state index in [1.54, 1.807) is 0 Å². The average Bonchev–Trinajstić information content (AvgIpc) is 2.64. The highest BCUT2D eigenvalue weighted by Crippen LogP contribution is 2.03. The predicted octanol–water partition coefficient (Wildman–Crippen LogP) is 2.91. The van der Waals surface area contributed by atoms with E-state index in [0.29, 0.717) is 0 Å². The van der Waals surface area contributed by atoms with Crippen molar-refractivity contribution in [3.63, 3.8) is 0 Å². The van der Waals surface area contributed by atoms with Crippen LogP contribution in [0.15, 0.2) is 6.07 Å². The second-order valence-corrected chi connectivity index (χ2v) is 5.10. The molecule has 92 valence electrons. The van der Waals surface area contributed by atoms with Crippen LogP contribution in [0.3, 0.4) is 0 Å². The van der Waals surface area contributed by atoms with Crippen molar-refractivity contribution in [1.29, 1.82) is 0 Å². The Morgan fingerprint density at radius 1 is 1.38 bits per heavy atom. The SMILES string of the molecule is CCn1nc(C)cc1CNCCCCCI. The largest absolute Gasteiger partial charge is 0.311 e. The van der Waals surface area contributed by atoms with E-state index in [-0.39, 0.29) is 0 Å². The molecule has 0 spiro atoms. The van der Waals surface area contributed by atoms with Crippen LogP contribution in [0.2, 0.25) is 0 Å². The molecule has 4 heteroatoms. The highest BCUT2D eigenvalue weighted by atomic mass is 127. The van der Waals surface area contributed by atoms with Crippen molar-refractivity contribution < 1.29 is 0 Å². The quantitative estimate of drug-likeness (QED) is 0.450. The number of unbranched alkanes of at least 4 members (excludes halogenated alkanes) is 2. The molecule has 0 atom stereocenters. The third kappa shape index (κ3) is 4.82. The molecule has 0 aliphatic heterocycles. The van der Waals surface area contributed by atoms with Gasteiger partial charge in [0.15, 0.2) is 0 Å². The van der Waals surface area contributed by atoms with E-state index in [1.807, 2.05) is 0 Å². The minimum atomic E-state index is 0.943. The van der Waals surface area contributed by atoms with E-state index < -0.39 is 0 Å². The summed E-state index contributed by atoms with van der Waals surface area (Å²) in [6.07, 6.45) is 3.96. The first-order valence-electron chi connectivity index (χ1n) is 6.08. The lowest BCUT2D eigenvalue weighted by Crippen LogP contribution is -2.17. The lowest BCUT2D eigenvalue weighted by molar-refractivity contribution is 0.563. The maximum absolute atomic E-state index is 4.43. The number of nitrogens with zero attached hydrogens (tertiary/aromatic N) is 2. The molecule has 1 heterocycles. The van der Waals surface area contributed by atoms with E-state index in [4.69, 9.17) is 0 Å². The van der Waals surface area contributed by atoms with Crippen molar-refractivity contribution in [2.45, 2.75) is 46.2 Å². The molecule has 0 amide bonds. The van der Waals surface area contributed by atoms with Gasteiger partial charge in [-0.15, -0.1) is 0 Å². The summed E-state index contributed by atoms with van der Waals surface area (Å²) in [6, 6.07) is 2.17. The first kappa shape index (κ1) is 14.0. The average molecular weight is 335 g/mol. The van der Waals surface area contributed by atoms with Crippen LogP contribution in [0.5, 0.6) is 0 Å². The molecule has 1 aromatic heterocycles. The lowest BCUT2D eigenvalue weighted by atomic mass is 10.2. The van der Waals surface area contributed by atoms with Gasteiger partial charge in [-0.3, -0.25) is 4.68 Å². The maximum atomic E-state index is 4.43. The molecule has 0 aromatic carbocycles. The van der Waals surface area contributed by atoms with Crippen LogP contribution in [-0.4, -0.2) is 20.8 Å². The first-order valence-corrected chi connectivity index (χ1v) is 7.60. The second-order valence-electron chi connectivity index (χ2n) is 4.02. The monoisotopic (exact) mass is 335 g/mol. The predicted molar refractivity (Wildman–Crippen MR) is 77.1 cm³/mol. The van der Waals surface area contributed by atoms with Crippen LogP contribution < -0.4 is 5.32 Å². The third-order valence-electron chi connectivity index (χ3n) is 2.58. The van der Waals surface area contributed by atoms with Gasteiger partial charge < -0.3 is 5.32 Å². The van der Waals surface area contributed by atoms with Gasteiger partial charge in [0.05, 0.1) is 11.4 Å². The van der Waals surface area contributed by atoms with Crippen LogP contribution in [0.1, 0.15) is 37.6 Å². The summed E-state index contributed by atoms with van der Waals surface area (Å²) in [5.41, 5.74) is 2.41. The Morgan fingerprint density at radius 2 is 2.19 bits per heavy atom. The number of hydrogen-bond donors (Lipinski definition) is 1. The fraction of sp³-hybridized carbons (Fsp3) is 0.750. The number of hydrogen-bond acceptors (Lipinski definition) is 2. The standard InChI is InChI=1S/C12H22IN3/c1-3-16-12(9-11(2)15-16)10-14-8-6-4-5-7-13/h9,14H,3-8,10H2,1-2H3. The summed E-state index contributed by atoms with van der Waals surface area (Å²) in [7, 11) is 0. The summed E-state index contributed by atoms with van der Waals surface area (Å²) in [4.78, 5) is 0. The summed E-state index contributed by atoms with van der Waals surface area (Å²) >= 11 is 2.44. The number of halogens is 1. The number of aromatic nitrogens is 2. The van der Waals surface area contributed by atoms with Crippen molar-refractivity contribution in [2.75, 3.05) is 11.0 Å². The number of nitrogens with one attached hydrogen (secondary N) is 1. The van der Waals surface area contributed by atoms with Crippen LogP contribution in [-0.2, 0) is 13.1 Å². The topological polar surface area (TPSA) is 29.9 Å². The second kappa shape index (κ2) is 8.06. The minimum absolute atomic E-state index is 0.943. The van der Waals surface area contributed by atoms with Gasteiger partial charge in [0.25, 0.3) is 0 Å². The van der Waals surface area contributed by atoms with Gasteiger partial charge in [0.2, 0.25) is 0 Å². The van der Waals surface area contributed by atoms with Crippen LogP contribution in [0.4, 0.5) is 0 Å². The molecule has 0 saturated heterocycles. The third-order valence-corrected chi connectivity index (χ3v) is 3.34. The van der Waals surface area contributed by atoms with Crippen molar-refractivity contribution in [3.05, 3.63) is 17.5 Å².